The Morgan fingerprint density at radius 1 is 1.16 bits per heavy atom. The molecule has 1 fully saturated rings. The number of carbonyl (C=O) groups excluding carboxylic acids is 3. The van der Waals surface area contributed by atoms with Gasteiger partial charge in [-0.2, -0.15) is 0 Å². The Labute approximate surface area is 183 Å². The van der Waals surface area contributed by atoms with Gasteiger partial charge in [-0.15, -0.1) is 6.42 Å². The molecule has 1 aliphatic heterocycles. The van der Waals surface area contributed by atoms with E-state index in [-0.39, 0.29) is 11.4 Å². The van der Waals surface area contributed by atoms with Crippen molar-refractivity contribution in [1.29, 1.82) is 0 Å². The summed E-state index contributed by atoms with van der Waals surface area (Å²) in [4.78, 5) is 38.8. The summed E-state index contributed by atoms with van der Waals surface area (Å²) in [6.07, 6.45) is 9.00. The fraction of sp³-hybridized carbons (Fsp3) is 0.125. The lowest BCUT2D eigenvalue weighted by Crippen LogP contribution is -2.36. The number of hydrogen-bond acceptors (Lipinski definition) is 4. The largest absolute Gasteiger partial charge is 0.335 e. The van der Waals surface area contributed by atoms with E-state index in [4.69, 9.17) is 6.42 Å². The van der Waals surface area contributed by atoms with Crippen molar-refractivity contribution in [1.82, 2.24) is 9.47 Å². The van der Waals surface area contributed by atoms with E-state index >= 15 is 0 Å². The maximum Gasteiger partial charge on any atom is 0.294 e. The molecule has 0 unspecified atom stereocenters. The van der Waals surface area contributed by atoms with Crippen LogP contribution in [-0.4, -0.2) is 33.1 Å². The molecular formula is C24H19N3O3S. The fourth-order valence-electron chi connectivity index (χ4n) is 3.38. The van der Waals surface area contributed by atoms with Crippen molar-refractivity contribution in [3.63, 3.8) is 0 Å². The minimum Gasteiger partial charge on any atom is -0.335 e. The van der Waals surface area contributed by atoms with E-state index in [2.05, 4.69) is 11.2 Å². The van der Waals surface area contributed by atoms with Gasteiger partial charge < -0.3 is 9.88 Å². The first-order chi connectivity index (χ1) is 15.0. The maximum absolute atomic E-state index is 12.8. The highest BCUT2D eigenvalue weighted by atomic mass is 32.2. The quantitative estimate of drug-likeness (QED) is 0.486. The Morgan fingerprint density at radius 3 is 2.65 bits per heavy atom. The van der Waals surface area contributed by atoms with Crippen LogP contribution in [0.5, 0.6) is 0 Å². The van der Waals surface area contributed by atoms with E-state index in [0.717, 1.165) is 38.7 Å². The van der Waals surface area contributed by atoms with Gasteiger partial charge in [-0.25, -0.2) is 0 Å². The zero-order valence-electron chi connectivity index (χ0n) is 16.8. The number of imide groups is 1. The van der Waals surface area contributed by atoms with E-state index in [9.17, 15) is 14.4 Å². The Bertz CT molecular complexity index is 1270. The molecule has 1 saturated heterocycles. The highest BCUT2D eigenvalue weighted by molar-refractivity contribution is 8.18. The van der Waals surface area contributed by atoms with E-state index in [1.807, 2.05) is 54.1 Å². The third-order valence-corrected chi connectivity index (χ3v) is 5.79. The lowest BCUT2D eigenvalue weighted by molar-refractivity contribution is -0.127. The second-order valence-electron chi connectivity index (χ2n) is 7.12. The standard InChI is InChI=1S/C24H19N3O3S/c1-3-12-26-14-17(19-6-4-5-7-20(19)26)13-21-23(29)27(24(30)31-21)15-22(28)25-18-10-8-16(2)9-11-18/h1,4-11,13-14H,12,15H2,2H3,(H,25,28)/b21-13+. The molecule has 0 aliphatic carbocycles. The molecule has 7 heteroatoms. The molecule has 0 spiro atoms. The molecular weight excluding hydrogens is 410 g/mol. The first-order valence-electron chi connectivity index (χ1n) is 9.59. The summed E-state index contributed by atoms with van der Waals surface area (Å²) in [6, 6.07) is 15.0. The van der Waals surface area contributed by atoms with Gasteiger partial charge in [0, 0.05) is 28.4 Å². The number of nitrogens with zero attached hydrogens (tertiary/aromatic N) is 2. The molecule has 1 aromatic heterocycles. The molecule has 3 amide bonds. The van der Waals surface area contributed by atoms with Crippen LogP contribution in [0.1, 0.15) is 11.1 Å². The number of aromatic nitrogens is 1. The van der Waals surface area contributed by atoms with Gasteiger partial charge in [-0.3, -0.25) is 19.3 Å². The minimum atomic E-state index is -0.483. The molecule has 0 saturated carbocycles. The zero-order valence-corrected chi connectivity index (χ0v) is 17.6. The Balaban J connectivity index is 1.54. The fourth-order valence-corrected chi connectivity index (χ4v) is 4.21. The topological polar surface area (TPSA) is 71.4 Å². The van der Waals surface area contributed by atoms with Crippen molar-refractivity contribution in [2.24, 2.45) is 0 Å². The normalized spacial score (nSPS) is 15.0. The van der Waals surface area contributed by atoms with Gasteiger partial charge in [0.2, 0.25) is 5.91 Å². The number of rotatable bonds is 5. The number of terminal acetylenes is 1. The Kier molecular flexibility index (Phi) is 5.65. The number of para-hydroxylation sites is 1. The van der Waals surface area contributed by atoms with Crippen molar-refractivity contribution >= 4 is 51.5 Å². The lowest BCUT2D eigenvalue weighted by Gasteiger charge is -2.12. The SMILES string of the molecule is C#CCn1cc(/C=C2/SC(=O)N(CC(=O)Nc3ccc(C)cc3)C2=O)c2ccccc21. The molecule has 3 aromatic rings. The molecule has 154 valence electrons. The number of fused-ring (bicyclic) bond motifs is 1. The highest BCUT2D eigenvalue weighted by Crippen LogP contribution is 2.34. The monoisotopic (exact) mass is 429 g/mol. The van der Waals surface area contributed by atoms with E-state index in [0.29, 0.717) is 12.2 Å². The Hall–Kier alpha value is -3.76. The smallest absolute Gasteiger partial charge is 0.294 e. The van der Waals surface area contributed by atoms with Crippen LogP contribution in [0.2, 0.25) is 0 Å². The summed E-state index contributed by atoms with van der Waals surface area (Å²) in [7, 11) is 0. The molecule has 0 radical (unpaired) electrons. The molecule has 0 bridgehead atoms. The van der Waals surface area contributed by atoms with E-state index in [1.54, 1.807) is 18.2 Å². The molecule has 31 heavy (non-hydrogen) atoms. The van der Waals surface area contributed by atoms with Crippen molar-refractivity contribution in [3.05, 3.63) is 70.8 Å². The van der Waals surface area contributed by atoms with Gasteiger partial charge in [0.25, 0.3) is 11.1 Å². The summed E-state index contributed by atoms with van der Waals surface area (Å²) in [5.41, 5.74) is 3.42. The molecule has 4 rings (SSSR count). The average Bonchev–Trinajstić information content (AvgIpc) is 3.22. The summed E-state index contributed by atoms with van der Waals surface area (Å²) >= 11 is 0.827. The summed E-state index contributed by atoms with van der Waals surface area (Å²) in [5, 5.41) is 3.17. The maximum atomic E-state index is 12.8. The molecule has 1 aliphatic rings. The van der Waals surface area contributed by atoms with Gasteiger partial charge in [-0.1, -0.05) is 41.8 Å². The van der Waals surface area contributed by atoms with Crippen LogP contribution in [0.25, 0.3) is 17.0 Å². The number of nitrogens with one attached hydrogen (secondary N) is 1. The predicted molar refractivity (Wildman–Crippen MR) is 123 cm³/mol. The first kappa shape index (κ1) is 20.5. The predicted octanol–water partition coefficient (Wildman–Crippen LogP) is 4.26. The summed E-state index contributed by atoms with van der Waals surface area (Å²) < 4.78 is 1.92. The van der Waals surface area contributed by atoms with E-state index in [1.165, 1.54) is 0 Å². The van der Waals surface area contributed by atoms with Crippen molar-refractivity contribution in [2.45, 2.75) is 13.5 Å². The summed E-state index contributed by atoms with van der Waals surface area (Å²) in [5.74, 6) is 1.70. The summed E-state index contributed by atoms with van der Waals surface area (Å²) in [6.45, 7) is 2.01. The third kappa shape index (κ3) is 4.25. The molecule has 2 aromatic carbocycles. The van der Waals surface area contributed by atoms with Crippen molar-refractivity contribution < 1.29 is 14.4 Å². The van der Waals surface area contributed by atoms with Crippen LogP contribution in [0, 0.1) is 19.3 Å². The average molecular weight is 430 g/mol. The highest BCUT2D eigenvalue weighted by Gasteiger charge is 2.36. The van der Waals surface area contributed by atoms with E-state index < -0.39 is 17.1 Å². The Morgan fingerprint density at radius 2 is 1.90 bits per heavy atom. The van der Waals surface area contributed by atoms with Crippen molar-refractivity contribution in [3.8, 4) is 12.3 Å². The molecule has 2 heterocycles. The lowest BCUT2D eigenvalue weighted by atomic mass is 10.1. The van der Waals surface area contributed by atoms with Crippen LogP contribution < -0.4 is 5.32 Å². The van der Waals surface area contributed by atoms with Crippen LogP contribution in [-0.2, 0) is 16.1 Å². The number of aryl methyl sites for hydroxylation is 1. The first-order valence-corrected chi connectivity index (χ1v) is 10.4. The number of benzene rings is 2. The van der Waals surface area contributed by atoms with Crippen LogP contribution in [0.3, 0.4) is 0 Å². The third-order valence-electron chi connectivity index (χ3n) is 4.88. The molecule has 6 nitrogen and oxygen atoms in total. The van der Waals surface area contributed by atoms with Gasteiger partial charge >= 0.3 is 0 Å². The number of anilines is 1. The van der Waals surface area contributed by atoms with Gasteiger partial charge in [0.05, 0.1) is 11.4 Å². The van der Waals surface area contributed by atoms with Gasteiger partial charge in [-0.05, 0) is 43.0 Å². The number of thioether (sulfide) groups is 1. The number of carbonyl (C=O) groups is 3. The molecule has 0 atom stereocenters. The second-order valence-corrected chi connectivity index (χ2v) is 8.11. The van der Waals surface area contributed by atoms with Crippen LogP contribution >= 0.6 is 11.8 Å². The van der Waals surface area contributed by atoms with Gasteiger partial charge in [0.1, 0.15) is 6.54 Å². The minimum absolute atomic E-state index is 0.275. The zero-order chi connectivity index (χ0) is 22.0. The van der Waals surface area contributed by atoms with Crippen LogP contribution in [0.15, 0.2) is 59.6 Å². The van der Waals surface area contributed by atoms with Crippen molar-refractivity contribution in [2.75, 3.05) is 11.9 Å². The number of hydrogen-bond donors (Lipinski definition) is 1. The second kappa shape index (κ2) is 8.54. The number of amides is 3. The van der Waals surface area contributed by atoms with Crippen LogP contribution in [0.4, 0.5) is 10.5 Å². The molecule has 1 N–H and O–H groups in total. The van der Waals surface area contributed by atoms with Gasteiger partial charge in [0.15, 0.2) is 0 Å².